The second-order valence-electron chi connectivity index (χ2n) is 3.96. The molecule has 1 N–H and O–H groups in total. The zero-order valence-corrected chi connectivity index (χ0v) is 10.3. The van der Waals surface area contributed by atoms with Crippen LogP contribution in [0.5, 0.6) is 0 Å². The van der Waals surface area contributed by atoms with Gasteiger partial charge in [0.1, 0.15) is 11.8 Å². The predicted molar refractivity (Wildman–Crippen MR) is 69.2 cm³/mol. The van der Waals surface area contributed by atoms with Crippen molar-refractivity contribution >= 4 is 22.8 Å². The Hall–Kier alpha value is -2.14. The summed E-state index contributed by atoms with van der Waals surface area (Å²) in [6.45, 7) is 1.98. The van der Waals surface area contributed by atoms with Crippen molar-refractivity contribution in [2.75, 3.05) is 0 Å². The number of fused-ring (bicyclic) bond motifs is 1. The maximum Gasteiger partial charge on any atom is 0.332 e. The SMILES string of the molecule is Cc1ccc(-n2c(=O)[nH]c3ncnc(Cl)c32)cc1. The fraction of sp³-hybridized carbons (Fsp3) is 0.0833. The highest BCUT2D eigenvalue weighted by atomic mass is 35.5. The van der Waals surface area contributed by atoms with E-state index in [4.69, 9.17) is 11.6 Å². The molecular weight excluding hydrogens is 252 g/mol. The van der Waals surface area contributed by atoms with Gasteiger partial charge in [-0.05, 0) is 19.1 Å². The third-order valence-corrected chi connectivity index (χ3v) is 3.00. The Morgan fingerprint density at radius 1 is 1.22 bits per heavy atom. The van der Waals surface area contributed by atoms with Crippen LogP contribution in [0.3, 0.4) is 0 Å². The van der Waals surface area contributed by atoms with Gasteiger partial charge in [-0.25, -0.2) is 14.8 Å². The predicted octanol–water partition coefficient (Wildman–Crippen LogP) is 2.07. The van der Waals surface area contributed by atoms with E-state index >= 15 is 0 Å². The first kappa shape index (κ1) is 11.0. The average Bonchev–Trinajstić information content (AvgIpc) is 2.68. The maximum absolute atomic E-state index is 12.0. The number of aromatic amines is 1. The topological polar surface area (TPSA) is 63.6 Å². The first-order chi connectivity index (χ1) is 8.66. The highest BCUT2D eigenvalue weighted by Gasteiger charge is 2.13. The molecule has 3 aromatic rings. The Balaban J connectivity index is 2.38. The third-order valence-electron chi connectivity index (χ3n) is 2.72. The van der Waals surface area contributed by atoms with Crippen molar-refractivity contribution in [1.82, 2.24) is 19.5 Å². The Labute approximate surface area is 107 Å². The summed E-state index contributed by atoms with van der Waals surface area (Å²) in [5.41, 5.74) is 2.49. The molecule has 0 aliphatic heterocycles. The molecule has 0 bridgehead atoms. The minimum absolute atomic E-state index is 0.249. The van der Waals surface area contributed by atoms with Gasteiger partial charge < -0.3 is 0 Å². The van der Waals surface area contributed by atoms with Gasteiger partial charge in [-0.2, -0.15) is 0 Å². The Morgan fingerprint density at radius 2 is 1.94 bits per heavy atom. The number of aryl methyl sites for hydroxylation is 1. The molecule has 2 heterocycles. The van der Waals surface area contributed by atoms with Gasteiger partial charge >= 0.3 is 5.69 Å². The lowest BCUT2D eigenvalue weighted by Gasteiger charge is -2.03. The fourth-order valence-corrected chi connectivity index (χ4v) is 2.06. The summed E-state index contributed by atoms with van der Waals surface area (Å²) in [4.78, 5) is 22.5. The molecule has 0 amide bonds. The molecule has 0 fully saturated rings. The molecule has 90 valence electrons. The molecule has 0 aliphatic carbocycles. The van der Waals surface area contributed by atoms with Gasteiger partial charge in [0.25, 0.3) is 0 Å². The summed E-state index contributed by atoms with van der Waals surface area (Å²) < 4.78 is 1.47. The molecule has 5 nitrogen and oxygen atoms in total. The van der Waals surface area contributed by atoms with Gasteiger partial charge in [-0.3, -0.25) is 9.55 Å². The van der Waals surface area contributed by atoms with E-state index in [1.807, 2.05) is 31.2 Å². The molecule has 18 heavy (non-hydrogen) atoms. The lowest BCUT2D eigenvalue weighted by molar-refractivity contribution is 1.01. The van der Waals surface area contributed by atoms with Crippen LogP contribution < -0.4 is 5.69 Å². The fourth-order valence-electron chi connectivity index (χ4n) is 1.85. The second-order valence-corrected chi connectivity index (χ2v) is 4.32. The number of benzene rings is 1. The summed E-state index contributed by atoms with van der Waals surface area (Å²) in [6.07, 6.45) is 1.32. The van der Waals surface area contributed by atoms with E-state index in [1.54, 1.807) is 0 Å². The first-order valence-corrected chi connectivity index (χ1v) is 5.73. The molecule has 1 aromatic carbocycles. The van der Waals surface area contributed by atoms with Crippen molar-refractivity contribution in [1.29, 1.82) is 0 Å². The van der Waals surface area contributed by atoms with E-state index in [2.05, 4.69) is 15.0 Å². The van der Waals surface area contributed by atoms with Crippen LogP contribution >= 0.6 is 11.6 Å². The summed E-state index contributed by atoms with van der Waals surface area (Å²) in [6, 6.07) is 7.57. The zero-order valence-electron chi connectivity index (χ0n) is 9.51. The summed E-state index contributed by atoms with van der Waals surface area (Å²) in [5.74, 6) is 0. The minimum atomic E-state index is -0.281. The van der Waals surface area contributed by atoms with Crippen molar-refractivity contribution in [3.8, 4) is 5.69 Å². The van der Waals surface area contributed by atoms with Gasteiger partial charge in [0.05, 0.1) is 5.69 Å². The van der Waals surface area contributed by atoms with Crippen LogP contribution in [0.4, 0.5) is 0 Å². The van der Waals surface area contributed by atoms with Crippen molar-refractivity contribution in [3.63, 3.8) is 0 Å². The quantitative estimate of drug-likeness (QED) is 0.681. The van der Waals surface area contributed by atoms with Gasteiger partial charge in [-0.15, -0.1) is 0 Å². The van der Waals surface area contributed by atoms with Crippen molar-refractivity contribution < 1.29 is 0 Å². The van der Waals surface area contributed by atoms with Crippen LogP contribution in [0.2, 0.25) is 5.15 Å². The van der Waals surface area contributed by atoms with E-state index in [-0.39, 0.29) is 10.8 Å². The highest BCUT2D eigenvalue weighted by Crippen LogP contribution is 2.20. The van der Waals surface area contributed by atoms with Crippen LogP contribution in [0.15, 0.2) is 35.4 Å². The lowest BCUT2D eigenvalue weighted by atomic mass is 10.2. The van der Waals surface area contributed by atoms with E-state index < -0.39 is 0 Å². The van der Waals surface area contributed by atoms with Gasteiger partial charge in [0.2, 0.25) is 0 Å². The van der Waals surface area contributed by atoms with Gasteiger partial charge in [0, 0.05) is 0 Å². The molecule has 0 aliphatic rings. The number of hydrogen-bond donors (Lipinski definition) is 1. The van der Waals surface area contributed by atoms with Gasteiger partial charge in [-0.1, -0.05) is 29.3 Å². The third kappa shape index (κ3) is 1.60. The Kier molecular flexibility index (Phi) is 2.41. The summed E-state index contributed by atoms with van der Waals surface area (Å²) in [7, 11) is 0. The number of hydrogen-bond acceptors (Lipinski definition) is 3. The Bertz CT molecular complexity index is 773. The molecular formula is C12H9ClN4O. The second kappa shape index (κ2) is 3.96. The largest absolute Gasteiger partial charge is 0.332 e. The molecule has 2 aromatic heterocycles. The number of H-pyrrole nitrogens is 1. The molecule has 3 rings (SSSR count). The zero-order chi connectivity index (χ0) is 12.7. The number of imidazole rings is 1. The van der Waals surface area contributed by atoms with Crippen LogP contribution in [-0.4, -0.2) is 19.5 Å². The van der Waals surface area contributed by atoms with Crippen LogP contribution in [-0.2, 0) is 0 Å². The van der Waals surface area contributed by atoms with Gasteiger partial charge in [0.15, 0.2) is 10.8 Å². The molecule has 0 unspecified atom stereocenters. The van der Waals surface area contributed by atoms with E-state index in [1.165, 1.54) is 10.9 Å². The average molecular weight is 261 g/mol. The number of nitrogens with one attached hydrogen (secondary N) is 1. The highest BCUT2D eigenvalue weighted by molar-refractivity contribution is 6.33. The monoisotopic (exact) mass is 260 g/mol. The van der Waals surface area contributed by atoms with Crippen molar-refractivity contribution in [2.45, 2.75) is 6.92 Å². The molecule has 6 heteroatoms. The van der Waals surface area contributed by atoms with E-state index in [9.17, 15) is 4.79 Å². The van der Waals surface area contributed by atoms with Crippen LogP contribution in [0.1, 0.15) is 5.56 Å². The Morgan fingerprint density at radius 3 is 2.67 bits per heavy atom. The summed E-state index contributed by atoms with van der Waals surface area (Å²) >= 11 is 6.03. The molecule has 0 saturated heterocycles. The van der Waals surface area contributed by atoms with Crippen LogP contribution in [0, 0.1) is 6.92 Å². The molecule has 0 atom stereocenters. The van der Waals surface area contributed by atoms with Crippen molar-refractivity contribution in [2.24, 2.45) is 0 Å². The van der Waals surface area contributed by atoms with Crippen LogP contribution in [0.25, 0.3) is 16.9 Å². The number of rotatable bonds is 1. The molecule has 0 spiro atoms. The standard InChI is InChI=1S/C12H9ClN4O/c1-7-2-4-8(5-3-7)17-9-10(13)14-6-15-11(9)16-12(17)18/h2-6H,1H3,(H,14,15,16,18). The van der Waals surface area contributed by atoms with E-state index in [0.717, 1.165) is 11.3 Å². The smallest absolute Gasteiger partial charge is 0.290 e. The lowest BCUT2D eigenvalue weighted by Crippen LogP contribution is -2.14. The molecule has 0 saturated carbocycles. The minimum Gasteiger partial charge on any atom is -0.290 e. The normalized spacial score (nSPS) is 11.0. The number of nitrogens with zero attached hydrogens (tertiary/aromatic N) is 3. The number of halogens is 1. The first-order valence-electron chi connectivity index (χ1n) is 5.35. The number of aromatic nitrogens is 4. The van der Waals surface area contributed by atoms with E-state index in [0.29, 0.717) is 11.2 Å². The van der Waals surface area contributed by atoms with Crippen molar-refractivity contribution in [3.05, 3.63) is 51.8 Å². The molecule has 0 radical (unpaired) electrons. The summed E-state index contributed by atoms with van der Waals surface area (Å²) in [5, 5.41) is 0.249. The maximum atomic E-state index is 12.0.